The lowest BCUT2D eigenvalue weighted by atomic mass is 10.2. The normalized spacial score (nSPS) is 11.3. The first-order valence-electron chi connectivity index (χ1n) is 10.6. The van der Waals surface area contributed by atoms with Crippen LogP contribution in [-0.2, 0) is 17.1 Å². The highest BCUT2D eigenvalue weighted by Crippen LogP contribution is 2.24. The van der Waals surface area contributed by atoms with E-state index in [2.05, 4.69) is 5.32 Å². The third kappa shape index (κ3) is 4.47. The average Bonchev–Trinajstić information content (AvgIpc) is 3.06. The van der Waals surface area contributed by atoms with Crippen LogP contribution in [0, 0.1) is 12.7 Å². The largest absolute Gasteiger partial charge is 0.322 e. The summed E-state index contributed by atoms with van der Waals surface area (Å²) in [5, 5.41) is 2.54. The van der Waals surface area contributed by atoms with E-state index in [1.165, 1.54) is 54.2 Å². The van der Waals surface area contributed by atoms with Gasteiger partial charge in [-0.2, -0.15) is 0 Å². The fourth-order valence-corrected chi connectivity index (χ4v) is 5.06. The number of hydrogen-bond acceptors (Lipinski definition) is 4. The Bertz CT molecular complexity index is 1580. The number of rotatable bonds is 6. The molecule has 8 nitrogen and oxygen atoms in total. The lowest BCUT2D eigenvalue weighted by Gasteiger charge is -2.18. The van der Waals surface area contributed by atoms with E-state index < -0.39 is 27.3 Å². The van der Waals surface area contributed by atoms with Gasteiger partial charge in [0.15, 0.2) is 0 Å². The number of nitrogens with one attached hydrogen (secondary N) is 1. The number of carbonyl (C=O) groups excluding carboxylic acids is 1. The molecule has 0 bridgehead atoms. The molecule has 0 atom stereocenters. The second-order valence-electron chi connectivity index (χ2n) is 7.87. The van der Waals surface area contributed by atoms with Gasteiger partial charge in [0.1, 0.15) is 11.5 Å². The number of halogens is 1. The molecule has 180 valence electrons. The maximum atomic E-state index is 13.5. The topological polar surface area (TPSA) is 93.4 Å². The predicted molar refractivity (Wildman–Crippen MR) is 132 cm³/mol. The van der Waals surface area contributed by atoms with Gasteiger partial charge in [-0.25, -0.2) is 17.5 Å². The molecule has 1 amide bonds. The zero-order chi connectivity index (χ0) is 25.3. The molecule has 10 heteroatoms. The van der Waals surface area contributed by atoms with Gasteiger partial charge < -0.3 is 5.32 Å². The van der Waals surface area contributed by atoms with Crippen LogP contribution in [0.5, 0.6) is 0 Å². The fourth-order valence-electron chi connectivity index (χ4n) is 3.76. The molecule has 0 radical (unpaired) electrons. The summed E-state index contributed by atoms with van der Waals surface area (Å²) in [6, 6.07) is 19.7. The second kappa shape index (κ2) is 9.22. The van der Waals surface area contributed by atoms with Crippen molar-refractivity contribution in [3.05, 3.63) is 106 Å². The molecule has 4 aromatic rings. The van der Waals surface area contributed by atoms with E-state index in [0.717, 1.165) is 10.4 Å². The molecule has 0 aliphatic carbocycles. The number of aromatic nitrogens is 2. The Balaban J connectivity index is 1.69. The van der Waals surface area contributed by atoms with Crippen molar-refractivity contribution < 1.29 is 17.6 Å². The van der Waals surface area contributed by atoms with Gasteiger partial charge in [0.2, 0.25) is 0 Å². The molecule has 3 aromatic carbocycles. The minimum Gasteiger partial charge on any atom is -0.322 e. The Kier molecular flexibility index (Phi) is 6.31. The first-order chi connectivity index (χ1) is 16.6. The zero-order valence-corrected chi connectivity index (χ0v) is 20.1. The van der Waals surface area contributed by atoms with Crippen molar-refractivity contribution >= 4 is 27.3 Å². The summed E-state index contributed by atoms with van der Waals surface area (Å²) in [4.78, 5) is 25.8. The highest BCUT2D eigenvalue weighted by molar-refractivity contribution is 7.92. The first-order valence-corrected chi connectivity index (χ1v) is 12.0. The smallest absolute Gasteiger partial charge is 0.296 e. The van der Waals surface area contributed by atoms with Gasteiger partial charge in [0, 0.05) is 25.3 Å². The van der Waals surface area contributed by atoms with Crippen LogP contribution in [0.3, 0.4) is 0 Å². The summed E-state index contributed by atoms with van der Waals surface area (Å²) in [7, 11) is -1.22. The molecule has 0 saturated carbocycles. The molecular weight excluding hydrogens is 471 g/mol. The lowest BCUT2D eigenvalue weighted by molar-refractivity contribution is 0.102. The van der Waals surface area contributed by atoms with Crippen LogP contribution in [0.15, 0.2) is 88.6 Å². The summed E-state index contributed by atoms with van der Waals surface area (Å²) < 4.78 is 44.2. The Morgan fingerprint density at radius 3 is 2.34 bits per heavy atom. The third-order valence-corrected chi connectivity index (χ3v) is 7.43. The van der Waals surface area contributed by atoms with Crippen LogP contribution in [-0.4, -0.2) is 30.7 Å². The number of carbonyl (C=O) groups is 1. The molecule has 0 fully saturated rings. The Labute approximate surface area is 201 Å². The molecule has 1 aromatic heterocycles. The lowest BCUT2D eigenvalue weighted by Crippen LogP contribution is -2.32. The maximum absolute atomic E-state index is 13.5. The van der Waals surface area contributed by atoms with Gasteiger partial charge in [0.05, 0.1) is 16.3 Å². The van der Waals surface area contributed by atoms with Crippen molar-refractivity contribution in [1.82, 2.24) is 9.36 Å². The Morgan fingerprint density at radius 1 is 0.971 bits per heavy atom. The number of sulfonamides is 1. The Hall–Kier alpha value is -4.18. The van der Waals surface area contributed by atoms with E-state index >= 15 is 0 Å². The summed E-state index contributed by atoms with van der Waals surface area (Å²) in [6.45, 7) is 1.66. The molecule has 0 spiro atoms. The molecule has 0 aliphatic rings. The summed E-state index contributed by atoms with van der Waals surface area (Å²) in [6.07, 6.45) is 0. The van der Waals surface area contributed by atoms with Crippen molar-refractivity contribution in [3.8, 4) is 5.69 Å². The molecule has 0 aliphatic heterocycles. The van der Waals surface area contributed by atoms with Crippen molar-refractivity contribution in [1.29, 1.82) is 0 Å². The van der Waals surface area contributed by atoms with Crippen LogP contribution in [0.2, 0.25) is 0 Å². The summed E-state index contributed by atoms with van der Waals surface area (Å²) in [5.41, 5.74) is 0.839. The van der Waals surface area contributed by atoms with Gasteiger partial charge in [-0.15, -0.1) is 0 Å². The molecular formula is C25H23FN4O4S. The van der Waals surface area contributed by atoms with Gasteiger partial charge in [0.25, 0.3) is 21.5 Å². The number of benzene rings is 3. The van der Waals surface area contributed by atoms with Gasteiger partial charge in [-0.05, 0) is 55.5 Å². The first kappa shape index (κ1) is 24.0. The van der Waals surface area contributed by atoms with E-state index in [1.54, 1.807) is 42.9 Å². The van der Waals surface area contributed by atoms with Gasteiger partial charge in [-0.3, -0.25) is 18.6 Å². The van der Waals surface area contributed by atoms with Crippen LogP contribution in [0.4, 0.5) is 15.8 Å². The molecule has 35 heavy (non-hydrogen) atoms. The number of anilines is 2. The molecule has 4 rings (SSSR count). The number of hydrogen-bond donors (Lipinski definition) is 1. The molecule has 1 N–H and O–H groups in total. The van der Waals surface area contributed by atoms with E-state index in [-0.39, 0.29) is 21.8 Å². The monoisotopic (exact) mass is 494 g/mol. The highest BCUT2D eigenvalue weighted by atomic mass is 32.2. The van der Waals surface area contributed by atoms with Crippen molar-refractivity contribution in [3.63, 3.8) is 0 Å². The van der Waals surface area contributed by atoms with E-state index in [9.17, 15) is 22.4 Å². The minimum absolute atomic E-state index is 0.00836. The molecule has 0 saturated heterocycles. The van der Waals surface area contributed by atoms with Gasteiger partial charge >= 0.3 is 0 Å². The quantitative estimate of drug-likeness (QED) is 0.442. The van der Waals surface area contributed by atoms with Crippen molar-refractivity contribution in [2.45, 2.75) is 11.8 Å². The third-order valence-electron chi connectivity index (χ3n) is 5.68. The van der Waals surface area contributed by atoms with Crippen LogP contribution in [0.25, 0.3) is 5.69 Å². The van der Waals surface area contributed by atoms with Crippen molar-refractivity contribution in [2.75, 3.05) is 16.7 Å². The number of nitrogens with zero attached hydrogens (tertiary/aromatic N) is 3. The summed E-state index contributed by atoms with van der Waals surface area (Å²) >= 11 is 0. The highest BCUT2D eigenvalue weighted by Gasteiger charge is 2.29. The van der Waals surface area contributed by atoms with Gasteiger partial charge in [-0.1, -0.05) is 30.3 Å². The van der Waals surface area contributed by atoms with Crippen LogP contribution >= 0.6 is 0 Å². The predicted octanol–water partition coefficient (Wildman–Crippen LogP) is 3.70. The molecule has 0 unspecified atom stereocenters. The maximum Gasteiger partial charge on any atom is 0.296 e. The Morgan fingerprint density at radius 2 is 1.66 bits per heavy atom. The average molecular weight is 495 g/mol. The fraction of sp³-hybridized carbons (Fsp3) is 0.120. The van der Waals surface area contributed by atoms with Crippen LogP contribution in [0.1, 0.15) is 16.1 Å². The van der Waals surface area contributed by atoms with E-state index in [4.69, 9.17) is 0 Å². The van der Waals surface area contributed by atoms with Crippen molar-refractivity contribution in [2.24, 2.45) is 7.05 Å². The standard InChI is InChI=1S/C25H23FN4O4S/c1-17-23(25(32)30(28(17)2)21-12-5-4-6-13-21)29(3)35(33,34)22-14-7-9-18(15-22)24(31)27-20-11-8-10-19(26)16-20/h4-16H,1-3H3,(H,27,31). The zero-order valence-electron chi connectivity index (χ0n) is 19.3. The van der Waals surface area contributed by atoms with E-state index in [0.29, 0.717) is 11.4 Å². The molecule has 1 heterocycles. The SMILES string of the molecule is Cc1c(N(C)S(=O)(=O)c2cccc(C(=O)Nc3cccc(F)c3)c2)c(=O)n(-c2ccccc2)n1C. The van der Waals surface area contributed by atoms with E-state index in [1.807, 2.05) is 6.07 Å². The second-order valence-corrected chi connectivity index (χ2v) is 9.84. The number of amides is 1. The minimum atomic E-state index is -4.19. The number of para-hydroxylation sites is 1. The summed E-state index contributed by atoms with van der Waals surface area (Å²) in [5.74, 6) is -1.11. The van der Waals surface area contributed by atoms with Crippen LogP contribution < -0.4 is 15.2 Å².